The van der Waals surface area contributed by atoms with Crippen molar-refractivity contribution in [1.82, 2.24) is 9.55 Å². The topological polar surface area (TPSA) is 40.2 Å². The minimum atomic E-state index is -2.88. The Morgan fingerprint density at radius 1 is 0.630 bits per heavy atom. The zero-order valence-electron chi connectivity index (χ0n) is 28.9. The maximum absolute atomic E-state index is 7.13. The van der Waals surface area contributed by atoms with Crippen LogP contribution >= 0.6 is 0 Å². The minimum Gasteiger partial charge on any atom is -0.503 e. The molecule has 0 fully saturated rings. The molecule has 3 aromatic heterocycles. The molecule has 6 aromatic carbocycles. The second-order valence-corrected chi connectivity index (χ2v) is 16.8. The summed E-state index contributed by atoms with van der Waals surface area (Å²) in [7, 11) is 1.56. The summed E-state index contributed by atoms with van der Waals surface area (Å²) in [6, 6.07) is 63.8. The van der Waals surface area contributed by atoms with E-state index in [1.807, 2.05) is 65.4 Å². The molecule has 0 spiro atoms. The van der Waals surface area contributed by atoms with Crippen LogP contribution in [0.3, 0.4) is 0 Å². The van der Waals surface area contributed by atoms with Gasteiger partial charge in [-0.15, -0.1) is 35.9 Å². The Morgan fingerprint density at radius 2 is 1.33 bits per heavy atom. The molecule has 0 amide bonds. The van der Waals surface area contributed by atoms with E-state index in [1.165, 1.54) is 20.7 Å². The molecular weight excluding hydrogens is 773 g/mol. The van der Waals surface area contributed by atoms with Crippen molar-refractivity contribution < 1.29 is 34.5 Å². The van der Waals surface area contributed by atoms with Crippen LogP contribution < -0.4 is 34.8 Å². The molecule has 0 unspecified atom stereocenters. The number of pyridine rings is 2. The van der Waals surface area contributed by atoms with E-state index in [1.54, 1.807) is 6.20 Å². The van der Waals surface area contributed by atoms with Crippen molar-refractivity contribution in [1.29, 1.82) is 0 Å². The first-order valence-electron chi connectivity index (χ1n) is 17.6. The molecule has 1 aliphatic heterocycles. The molecule has 10 rings (SSSR count). The first-order chi connectivity index (χ1) is 26.2. The van der Waals surface area contributed by atoms with Gasteiger partial charge in [0.15, 0.2) is 25.0 Å². The molecule has 0 saturated heterocycles. The molecule has 1 aliphatic rings. The third kappa shape index (κ3) is 5.28. The van der Waals surface area contributed by atoms with Gasteiger partial charge in [-0.2, -0.15) is 6.07 Å². The second kappa shape index (κ2) is 13.6. The Labute approximate surface area is 328 Å². The maximum Gasteiger partial charge on any atom is 0.190 e. The fourth-order valence-electron chi connectivity index (χ4n) is 7.96. The van der Waals surface area contributed by atoms with Crippen LogP contribution in [0.15, 0.2) is 176 Å². The van der Waals surface area contributed by atoms with Gasteiger partial charge in [0.2, 0.25) is 0 Å². The fourth-order valence-corrected chi connectivity index (χ4v) is 12.9. The molecule has 0 saturated carbocycles. The van der Waals surface area contributed by atoms with E-state index < -0.39 is 8.07 Å². The summed E-state index contributed by atoms with van der Waals surface area (Å²) >= 11 is 0. The van der Waals surface area contributed by atoms with Crippen molar-refractivity contribution in [2.24, 2.45) is 0 Å². The number of hydrogen-bond donors (Lipinski definition) is 0. The van der Waals surface area contributed by atoms with Gasteiger partial charge in [-0.25, -0.2) is 0 Å². The van der Waals surface area contributed by atoms with Crippen LogP contribution in [0, 0.1) is 19.2 Å². The van der Waals surface area contributed by atoms with Crippen LogP contribution in [0.25, 0.3) is 38.9 Å². The molecule has 7 heteroatoms. The molecule has 262 valence electrons. The first-order valence-corrected chi connectivity index (χ1v) is 19.6. The molecule has 0 bridgehead atoms. The maximum atomic E-state index is 7.13. The Kier molecular flexibility index (Phi) is 8.48. The van der Waals surface area contributed by atoms with Gasteiger partial charge in [0.05, 0.1) is 0 Å². The standard InChI is InChI=1S/C47H31N3O2Si.Pd/c1-49-30-14-23-40-39-27-28-44-46(52-42-25-8-9-26-43(42)53(44,37-19-4-2-5-20-37)38-21-6-3-7-22-38)45(39)50(47(40)49)34-16-13-18-36(32-34)51-35-17-12-15-33(31-35)41-24-10-11-29-48-41;/h2-30H,1H2;/q-2;. The van der Waals surface area contributed by atoms with Crippen LogP contribution in [0.2, 0.25) is 0 Å². The monoisotopic (exact) mass is 803 g/mol. The van der Waals surface area contributed by atoms with Gasteiger partial charge in [0.1, 0.15) is 5.75 Å². The molecule has 5 nitrogen and oxygen atoms in total. The molecule has 4 heterocycles. The number of nitrogens with zero attached hydrogens (tertiary/aromatic N) is 3. The summed E-state index contributed by atoms with van der Waals surface area (Å²) in [5, 5.41) is 7.13. The van der Waals surface area contributed by atoms with Crippen molar-refractivity contribution in [3.05, 3.63) is 195 Å². The number of para-hydroxylation sites is 1. The molecule has 0 radical (unpaired) electrons. The van der Waals surface area contributed by atoms with Gasteiger partial charge < -0.3 is 19.0 Å². The Balaban J connectivity index is 0.00000384. The molecular formula is C47H31N3O2PdSi-2. The van der Waals surface area contributed by atoms with Crippen molar-refractivity contribution in [3.63, 3.8) is 0 Å². The average molecular weight is 804 g/mol. The SMILES string of the molecule is [CH2-][n+]1cccc2c3ccc4c(c3n(-c3[c-]c(Oc5[c-]c(-c6ccccn6)ccc5)ccc3)c21)Oc1ccccc1[Si]4(c1ccccc1)c1ccccc1.[Pd]. The van der Waals surface area contributed by atoms with Gasteiger partial charge in [-0.3, -0.25) is 4.57 Å². The molecule has 54 heavy (non-hydrogen) atoms. The van der Waals surface area contributed by atoms with Crippen molar-refractivity contribution in [2.45, 2.75) is 0 Å². The van der Waals surface area contributed by atoms with Gasteiger partial charge in [0.25, 0.3) is 0 Å². The number of rotatable bonds is 6. The van der Waals surface area contributed by atoms with Crippen LogP contribution in [-0.2, 0) is 20.4 Å². The summed E-state index contributed by atoms with van der Waals surface area (Å²) < 4.78 is 17.7. The van der Waals surface area contributed by atoms with E-state index in [2.05, 4.69) is 138 Å². The first kappa shape index (κ1) is 33.6. The number of hydrogen-bond acceptors (Lipinski definition) is 3. The van der Waals surface area contributed by atoms with E-state index in [9.17, 15) is 0 Å². The normalized spacial score (nSPS) is 12.7. The van der Waals surface area contributed by atoms with Crippen LogP contribution in [0.5, 0.6) is 23.0 Å². The Morgan fingerprint density at radius 3 is 2.09 bits per heavy atom. The third-order valence-corrected chi connectivity index (χ3v) is 15.0. The van der Waals surface area contributed by atoms with E-state index in [0.29, 0.717) is 11.5 Å². The van der Waals surface area contributed by atoms with Gasteiger partial charge in [-0.05, 0) is 46.6 Å². The van der Waals surface area contributed by atoms with E-state index in [0.717, 1.165) is 50.4 Å². The number of ether oxygens (including phenoxy) is 2. The van der Waals surface area contributed by atoms with Crippen LogP contribution in [0.4, 0.5) is 0 Å². The zero-order chi connectivity index (χ0) is 35.4. The number of aromatic nitrogens is 3. The number of fused-ring (bicyclic) bond motifs is 6. The van der Waals surface area contributed by atoms with Crippen molar-refractivity contribution in [3.8, 4) is 39.9 Å². The zero-order valence-corrected chi connectivity index (χ0v) is 31.5. The van der Waals surface area contributed by atoms with Crippen LogP contribution in [-0.4, -0.2) is 17.6 Å². The van der Waals surface area contributed by atoms with E-state index in [4.69, 9.17) is 9.47 Å². The summed E-state index contributed by atoms with van der Waals surface area (Å²) in [5.74, 6) is 2.85. The van der Waals surface area contributed by atoms with Gasteiger partial charge in [0, 0.05) is 59.8 Å². The fraction of sp³-hybridized carbons (Fsp3) is 0. The number of benzene rings is 6. The largest absolute Gasteiger partial charge is 0.503 e. The van der Waals surface area contributed by atoms with E-state index >= 15 is 0 Å². The molecule has 0 atom stereocenters. The van der Waals surface area contributed by atoms with Crippen LogP contribution in [0.1, 0.15) is 0 Å². The summed E-state index contributed by atoms with van der Waals surface area (Å²) in [5.41, 5.74) is 4.36. The summed E-state index contributed by atoms with van der Waals surface area (Å²) in [6.45, 7) is 0. The smallest absolute Gasteiger partial charge is 0.190 e. The Hall–Kier alpha value is -6.23. The van der Waals surface area contributed by atoms with Crippen molar-refractivity contribution >= 4 is 50.8 Å². The summed E-state index contributed by atoms with van der Waals surface area (Å²) in [4.78, 5) is 4.49. The summed E-state index contributed by atoms with van der Waals surface area (Å²) in [6.07, 6.45) is 3.76. The predicted molar refractivity (Wildman–Crippen MR) is 213 cm³/mol. The van der Waals surface area contributed by atoms with Crippen molar-refractivity contribution in [2.75, 3.05) is 0 Å². The van der Waals surface area contributed by atoms with Gasteiger partial charge in [-0.1, -0.05) is 127 Å². The second-order valence-electron chi connectivity index (χ2n) is 13.1. The molecule has 0 N–H and O–H groups in total. The van der Waals surface area contributed by atoms with Gasteiger partial charge >= 0.3 is 0 Å². The van der Waals surface area contributed by atoms with E-state index in [-0.39, 0.29) is 20.4 Å². The minimum absolute atomic E-state index is 0. The molecule has 9 aromatic rings. The average Bonchev–Trinajstić information content (AvgIpc) is 3.57. The third-order valence-electron chi connectivity index (χ3n) is 10.1. The Bertz CT molecular complexity index is 2770. The quantitative estimate of drug-likeness (QED) is 0.0987. The predicted octanol–water partition coefficient (Wildman–Crippen LogP) is 7.65. The molecule has 0 aliphatic carbocycles.